The molecule has 218 valence electrons. The van der Waals surface area contributed by atoms with Crippen molar-refractivity contribution in [3.63, 3.8) is 0 Å². The molecular formula is C34H48N2O4. The lowest BCUT2D eigenvalue weighted by atomic mass is 9.78. The van der Waals surface area contributed by atoms with Crippen LogP contribution in [0.1, 0.15) is 122 Å². The monoisotopic (exact) mass is 548 g/mol. The van der Waals surface area contributed by atoms with Crippen molar-refractivity contribution in [1.29, 1.82) is 0 Å². The van der Waals surface area contributed by atoms with Gasteiger partial charge in [-0.3, -0.25) is 9.59 Å². The minimum atomic E-state index is -0.316. The number of Topliss-reactive ketones (excluding diaryl/α,β-unsaturated/α-hetero) is 1. The number of aromatic hydroxyl groups is 1. The van der Waals surface area contributed by atoms with Crippen LogP contribution in [0.3, 0.4) is 0 Å². The Labute approximate surface area is 240 Å². The highest BCUT2D eigenvalue weighted by Gasteiger charge is 2.40. The van der Waals surface area contributed by atoms with E-state index in [9.17, 15) is 14.7 Å². The lowest BCUT2D eigenvalue weighted by Gasteiger charge is -2.42. The zero-order chi connectivity index (χ0) is 30.3. The predicted molar refractivity (Wildman–Crippen MR) is 163 cm³/mol. The zero-order valence-corrected chi connectivity index (χ0v) is 26.3. The molecule has 2 aromatic rings. The van der Waals surface area contributed by atoms with Gasteiger partial charge in [0.1, 0.15) is 17.1 Å². The summed E-state index contributed by atoms with van der Waals surface area (Å²) >= 11 is 0. The molecule has 6 heteroatoms. The van der Waals surface area contributed by atoms with Crippen LogP contribution in [-0.4, -0.2) is 23.0 Å². The number of phenolic OH excluding ortho intramolecular Hbond substituents is 1. The molecule has 0 atom stereocenters. The molecule has 0 aromatic heterocycles. The molecule has 0 fully saturated rings. The van der Waals surface area contributed by atoms with Crippen molar-refractivity contribution in [3.05, 3.63) is 57.6 Å². The van der Waals surface area contributed by atoms with Crippen molar-refractivity contribution < 1.29 is 19.4 Å². The molecule has 0 aliphatic carbocycles. The minimum Gasteiger partial charge on any atom is -0.507 e. The summed E-state index contributed by atoms with van der Waals surface area (Å²) in [5.74, 6) is 0.894. The summed E-state index contributed by atoms with van der Waals surface area (Å²) in [6.45, 7) is 23.0. The van der Waals surface area contributed by atoms with Crippen molar-refractivity contribution in [2.45, 2.75) is 124 Å². The third-order valence-corrected chi connectivity index (χ3v) is 7.45. The van der Waals surface area contributed by atoms with Gasteiger partial charge in [-0.15, -0.1) is 0 Å². The number of hydrogen-bond acceptors (Lipinski definition) is 5. The molecule has 0 bridgehead atoms. The van der Waals surface area contributed by atoms with Gasteiger partial charge in [0.05, 0.1) is 6.21 Å². The second kappa shape index (κ2) is 11.0. The topological polar surface area (TPSA) is 88.0 Å². The number of nitrogens with zero attached hydrogens (tertiary/aromatic N) is 1. The standard InChI is InChI=1S/C34H48N2O4/c1-31(2,3)24-16-22(17-25(29(24)39)32(4,5)6)13-15-28(38)36-35-20-23(37)14-12-21-18-26(33(7,8)9)30-27(19-21)34(10,11)40-30/h16-20,39H,12-15H2,1-11H3,(H,36,38). The Morgan fingerprint density at radius 3 is 1.80 bits per heavy atom. The van der Waals surface area contributed by atoms with E-state index in [0.29, 0.717) is 25.0 Å². The smallest absolute Gasteiger partial charge is 0.240 e. The Morgan fingerprint density at radius 2 is 1.30 bits per heavy atom. The molecular weight excluding hydrogens is 500 g/mol. The summed E-state index contributed by atoms with van der Waals surface area (Å²) in [5.41, 5.74) is 7.83. The average molecular weight is 549 g/mol. The van der Waals surface area contributed by atoms with Crippen LogP contribution in [0.5, 0.6) is 11.5 Å². The van der Waals surface area contributed by atoms with Crippen molar-refractivity contribution in [2.24, 2.45) is 5.10 Å². The van der Waals surface area contributed by atoms with Crippen molar-refractivity contribution >= 4 is 17.9 Å². The maximum Gasteiger partial charge on any atom is 0.240 e. The highest BCUT2D eigenvalue weighted by molar-refractivity contribution is 6.27. The number of rotatable bonds is 8. The maximum absolute atomic E-state index is 12.5. The van der Waals surface area contributed by atoms with E-state index in [2.05, 4.69) is 98.8 Å². The second-order valence-electron chi connectivity index (χ2n) is 14.7. The van der Waals surface area contributed by atoms with Gasteiger partial charge >= 0.3 is 0 Å². The van der Waals surface area contributed by atoms with Crippen molar-refractivity contribution in [2.75, 3.05) is 0 Å². The van der Waals surface area contributed by atoms with E-state index in [1.165, 1.54) is 11.8 Å². The minimum absolute atomic E-state index is 0.0604. The van der Waals surface area contributed by atoms with Crippen LogP contribution in [0.25, 0.3) is 0 Å². The number of hydrazone groups is 1. The molecule has 0 spiro atoms. The zero-order valence-electron chi connectivity index (χ0n) is 26.3. The number of carbonyl (C=O) groups excluding carboxylic acids is 2. The first-order valence-electron chi connectivity index (χ1n) is 14.3. The quantitative estimate of drug-likeness (QED) is 0.271. The molecule has 40 heavy (non-hydrogen) atoms. The number of ether oxygens (including phenoxy) is 1. The van der Waals surface area contributed by atoms with Crippen LogP contribution in [0, 0.1) is 0 Å². The number of aryl methyl sites for hydroxylation is 2. The van der Waals surface area contributed by atoms with Crippen LogP contribution in [0.4, 0.5) is 0 Å². The van der Waals surface area contributed by atoms with Crippen molar-refractivity contribution in [3.8, 4) is 11.5 Å². The van der Waals surface area contributed by atoms with E-state index in [4.69, 9.17) is 4.74 Å². The predicted octanol–water partition coefficient (Wildman–Crippen LogP) is 7.15. The van der Waals surface area contributed by atoms with E-state index in [-0.39, 0.29) is 40.0 Å². The molecule has 0 radical (unpaired) electrons. The first kappa shape index (κ1) is 31.4. The number of fused-ring (bicyclic) bond motifs is 1. The Hall–Kier alpha value is -3.15. The second-order valence-corrected chi connectivity index (χ2v) is 14.7. The van der Waals surface area contributed by atoms with Crippen LogP contribution in [0.15, 0.2) is 29.4 Å². The number of nitrogens with one attached hydrogen (secondary N) is 1. The molecule has 1 aliphatic rings. The van der Waals surface area contributed by atoms with Crippen LogP contribution >= 0.6 is 0 Å². The SMILES string of the molecule is CC(C)(C)c1cc(CCC(=O)NN=CC(=O)CCc2cc(C(C)(C)C)c3c(c2)C(C)(C)O3)cc(C(C)(C)C)c1O. The molecule has 0 saturated heterocycles. The first-order valence-corrected chi connectivity index (χ1v) is 14.3. The summed E-state index contributed by atoms with van der Waals surface area (Å²) in [6.07, 6.45) is 2.84. The molecule has 3 rings (SSSR count). The normalized spacial score (nSPS) is 14.9. The molecule has 2 aromatic carbocycles. The number of ketones is 1. The summed E-state index contributed by atoms with van der Waals surface area (Å²) in [4.78, 5) is 25.0. The Bertz CT molecular complexity index is 1280. The average Bonchev–Trinajstić information content (AvgIpc) is 2.79. The number of amides is 1. The van der Waals surface area contributed by atoms with Gasteiger partial charge in [0, 0.05) is 24.0 Å². The summed E-state index contributed by atoms with van der Waals surface area (Å²) in [7, 11) is 0. The third kappa shape index (κ3) is 7.32. The lowest BCUT2D eigenvalue weighted by Crippen LogP contribution is -2.37. The van der Waals surface area contributed by atoms with Crippen LogP contribution in [0.2, 0.25) is 0 Å². The molecule has 1 aliphatic heterocycles. The Balaban J connectivity index is 1.58. The van der Waals surface area contributed by atoms with Gasteiger partial charge in [-0.25, -0.2) is 5.43 Å². The Morgan fingerprint density at radius 1 is 0.825 bits per heavy atom. The molecule has 2 N–H and O–H groups in total. The van der Waals surface area contributed by atoms with Gasteiger partial charge in [0.25, 0.3) is 0 Å². The van der Waals surface area contributed by atoms with E-state index < -0.39 is 0 Å². The fraction of sp³-hybridized carbons (Fsp3) is 0.559. The van der Waals surface area contributed by atoms with Crippen LogP contribution < -0.4 is 10.2 Å². The maximum atomic E-state index is 12.5. The number of carbonyl (C=O) groups is 2. The number of phenols is 1. The molecule has 0 saturated carbocycles. The van der Waals surface area contributed by atoms with Gasteiger partial charge in [-0.1, -0.05) is 80.5 Å². The van der Waals surface area contributed by atoms with Gasteiger partial charge < -0.3 is 9.84 Å². The van der Waals surface area contributed by atoms with Crippen LogP contribution in [-0.2, 0) is 44.3 Å². The largest absolute Gasteiger partial charge is 0.507 e. The van der Waals surface area contributed by atoms with Gasteiger partial charge in [-0.2, -0.15) is 5.10 Å². The van der Waals surface area contributed by atoms with Gasteiger partial charge in [0.15, 0.2) is 5.78 Å². The summed E-state index contributed by atoms with van der Waals surface area (Å²) < 4.78 is 6.04. The molecule has 0 unspecified atom stereocenters. The molecule has 6 nitrogen and oxygen atoms in total. The molecule has 1 heterocycles. The summed E-state index contributed by atoms with van der Waals surface area (Å²) in [5, 5.41) is 14.8. The number of benzene rings is 2. The van der Waals surface area contributed by atoms with E-state index in [1.807, 2.05) is 12.1 Å². The summed E-state index contributed by atoms with van der Waals surface area (Å²) in [6, 6.07) is 8.25. The van der Waals surface area contributed by atoms with Gasteiger partial charge in [0.2, 0.25) is 5.91 Å². The lowest BCUT2D eigenvalue weighted by molar-refractivity contribution is -0.121. The highest BCUT2D eigenvalue weighted by atomic mass is 16.5. The Kier molecular flexibility index (Phi) is 8.65. The fourth-order valence-corrected chi connectivity index (χ4v) is 5.02. The van der Waals surface area contributed by atoms with Gasteiger partial charge in [-0.05, 0) is 71.3 Å². The highest BCUT2D eigenvalue weighted by Crippen LogP contribution is 2.50. The van der Waals surface area contributed by atoms with E-state index in [1.54, 1.807) is 0 Å². The molecule has 1 amide bonds. The van der Waals surface area contributed by atoms with E-state index in [0.717, 1.165) is 33.6 Å². The fourth-order valence-electron chi connectivity index (χ4n) is 5.02. The van der Waals surface area contributed by atoms with Crippen molar-refractivity contribution in [1.82, 2.24) is 5.43 Å². The number of hydrogen-bond donors (Lipinski definition) is 2. The third-order valence-electron chi connectivity index (χ3n) is 7.45. The first-order chi connectivity index (χ1) is 18.2. The van der Waals surface area contributed by atoms with E-state index >= 15 is 0 Å².